The predicted molar refractivity (Wildman–Crippen MR) is 68.1 cm³/mol. The number of isocyanates is 1. The van der Waals surface area contributed by atoms with Crippen LogP contribution in [0.2, 0.25) is 0 Å². The van der Waals surface area contributed by atoms with Gasteiger partial charge in [0, 0.05) is 5.56 Å². The lowest BCUT2D eigenvalue weighted by Gasteiger charge is -2.19. The van der Waals surface area contributed by atoms with E-state index < -0.39 is 5.54 Å². The van der Waals surface area contributed by atoms with Crippen molar-refractivity contribution in [1.29, 1.82) is 0 Å². The number of methoxy groups -OCH3 is 2. The largest absolute Gasteiger partial charge is 0.496 e. The van der Waals surface area contributed by atoms with Gasteiger partial charge in [0.05, 0.1) is 14.2 Å². The molecule has 0 amide bonds. The molecule has 2 rings (SSSR count). The molecular formula is C14H17NO3. The molecule has 1 saturated carbocycles. The van der Waals surface area contributed by atoms with E-state index in [0.717, 1.165) is 41.0 Å². The van der Waals surface area contributed by atoms with Gasteiger partial charge in [-0.1, -0.05) is 0 Å². The highest BCUT2D eigenvalue weighted by molar-refractivity contribution is 5.57. The Morgan fingerprint density at radius 3 is 2.33 bits per heavy atom. The highest BCUT2D eigenvalue weighted by atomic mass is 16.5. The van der Waals surface area contributed by atoms with E-state index in [4.69, 9.17) is 9.47 Å². The molecule has 1 aromatic carbocycles. The van der Waals surface area contributed by atoms with Gasteiger partial charge in [-0.3, -0.25) is 0 Å². The highest BCUT2D eigenvalue weighted by Crippen LogP contribution is 2.54. The van der Waals surface area contributed by atoms with Crippen LogP contribution in [0.1, 0.15) is 29.5 Å². The van der Waals surface area contributed by atoms with Gasteiger partial charge >= 0.3 is 0 Å². The normalized spacial score (nSPS) is 15.8. The minimum absolute atomic E-state index is 0.446. The molecule has 0 atom stereocenters. The van der Waals surface area contributed by atoms with Gasteiger partial charge in [-0.15, -0.1) is 0 Å². The lowest BCUT2D eigenvalue weighted by Crippen LogP contribution is -2.08. The third-order valence-electron chi connectivity index (χ3n) is 3.70. The van der Waals surface area contributed by atoms with Crippen molar-refractivity contribution in [2.24, 2.45) is 4.99 Å². The van der Waals surface area contributed by atoms with Crippen molar-refractivity contribution >= 4 is 6.08 Å². The van der Waals surface area contributed by atoms with Gasteiger partial charge in [-0.05, 0) is 43.9 Å². The maximum atomic E-state index is 10.6. The second-order valence-corrected chi connectivity index (χ2v) is 4.64. The Bertz CT molecular complexity index is 526. The fourth-order valence-electron chi connectivity index (χ4n) is 2.33. The maximum Gasteiger partial charge on any atom is 0.235 e. The average molecular weight is 247 g/mol. The summed E-state index contributed by atoms with van der Waals surface area (Å²) in [5, 5.41) is 0. The van der Waals surface area contributed by atoms with Crippen molar-refractivity contribution in [2.75, 3.05) is 14.2 Å². The van der Waals surface area contributed by atoms with E-state index in [1.54, 1.807) is 20.3 Å². The van der Waals surface area contributed by atoms with Crippen LogP contribution < -0.4 is 9.47 Å². The molecule has 1 aliphatic carbocycles. The highest BCUT2D eigenvalue weighted by Gasteiger charge is 2.47. The SMILES string of the molecule is COc1cc(C2(N=C=O)CC2)c(OC)c(C)c1C. The summed E-state index contributed by atoms with van der Waals surface area (Å²) in [5.74, 6) is 1.60. The molecule has 0 spiro atoms. The second-order valence-electron chi connectivity index (χ2n) is 4.64. The minimum Gasteiger partial charge on any atom is -0.496 e. The number of carbonyl (C=O) groups excluding carboxylic acids is 1. The predicted octanol–water partition coefficient (Wildman–Crippen LogP) is 2.65. The van der Waals surface area contributed by atoms with E-state index in [2.05, 4.69) is 4.99 Å². The number of hydrogen-bond acceptors (Lipinski definition) is 4. The van der Waals surface area contributed by atoms with Crippen molar-refractivity contribution in [3.8, 4) is 11.5 Å². The lowest BCUT2D eigenvalue weighted by atomic mass is 9.97. The molecule has 0 aromatic heterocycles. The summed E-state index contributed by atoms with van der Waals surface area (Å²) in [6.45, 7) is 3.98. The molecule has 18 heavy (non-hydrogen) atoms. The Kier molecular flexibility index (Phi) is 3.14. The van der Waals surface area contributed by atoms with Crippen LogP contribution in [0.4, 0.5) is 0 Å². The van der Waals surface area contributed by atoms with Gasteiger partial charge in [0.25, 0.3) is 0 Å². The van der Waals surface area contributed by atoms with E-state index >= 15 is 0 Å². The van der Waals surface area contributed by atoms with Crippen LogP contribution in [0.25, 0.3) is 0 Å². The van der Waals surface area contributed by atoms with Gasteiger partial charge in [0.1, 0.15) is 17.0 Å². The summed E-state index contributed by atoms with van der Waals surface area (Å²) in [7, 11) is 3.28. The first-order chi connectivity index (χ1) is 8.59. The first kappa shape index (κ1) is 12.7. The van der Waals surface area contributed by atoms with Crippen LogP contribution in [0.15, 0.2) is 11.1 Å². The van der Waals surface area contributed by atoms with E-state index in [9.17, 15) is 4.79 Å². The van der Waals surface area contributed by atoms with Crippen LogP contribution >= 0.6 is 0 Å². The minimum atomic E-state index is -0.446. The first-order valence-corrected chi connectivity index (χ1v) is 5.91. The molecule has 4 nitrogen and oxygen atoms in total. The van der Waals surface area contributed by atoms with Crippen molar-refractivity contribution in [2.45, 2.75) is 32.2 Å². The Morgan fingerprint density at radius 2 is 1.89 bits per heavy atom. The zero-order valence-corrected chi connectivity index (χ0v) is 11.2. The van der Waals surface area contributed by atoms with Crippen LogP contribution in [-0.4, -0.2) is 20.3 Å². The number of benzene rings is 1. The monoisotopic (exact) mass is 247 g/mol. The third-order valence-corrected chi connectivity index (χ3v) is 3.70. The molecule has 0 heterocycles. The van der Waals surface area contributed by atoms with E-state index in [1.165, 1.54) is 0 Å². The fourth-order valence-corrected chi connectivity index (χ4v) is 2.33. The summed E-state index contributed by atoms with van der Waals surface area (Å²) in [6.07, 6.45) is 3.37. The molecule has 4 heteroatoms. The fraction of sp³-hybridized carbons (Fsp3) is 0.500. The Balaban J connectivity index is 2.66. The van der Waals surface area contributed by atoms with Crippen molar-refractivity contribution in [3.05, 3.63) is 22.8 Å². The zero-order valence-electron chi connectivity index (χ0n) is 11.2. The average Bonchev–Trinajstić information content (AvgIpc) is 3.13. The quantitative estimate of drug-likeness (QED) is 0.607. The number of hydrogen-bond donors (Lipinski definition) is 0. The molecule has 0 unspecified atom stereocenters. The van der Waals surface area contributed by atoms with Crippen LogP contribution in [-0.2, 0) is 10.3 Å². The molecular weight excluding hydrogens is 230 g/mol. The number of aliphatic imine (C=N–C) groups is 1. The van der Waals surface area contributed by atoms with Gasteiger partial charge < -0.3 is 9.47 Å². The molecule has 0 saturated heterocycles. The van der Waals surface area contributed by atoms with Crippen molar-refractivity contribution in [3.63, 3.8) is 0 Å². The number of ether oxygens (including phenoxy) is 2. The van der Waals surface area contributed by atoms with E-state index in [1.807, 2.05) is 19.9 Å². The summed E-state index contributed by atoms with van der Waals surface area (Å²) >= 11 is 0. The molecule has 0 radical (unpaired) electrons. The van der Waals surface area contributed by atoms with E-state index in [-0.39, 0.29) is 0 Å². The molecule has 0 aliphatic heterocycles. The Morgan fingerprint density at radius 1 is 1.22 bits per heavy atom. The molecule has 0 N–H and O–H groups in total. The van der Waals surface area contributed by atoms with Gasteiger partial charge in [0.2, 0.25) is 6.08 Å². The zero-order chi connectivity index (χ0) is 13.3. The van der Waals surface area contributed by atoms with Crippen molar-refractivity contribution < 1.29 is 14.3 Å². The standard InChI is InChI=1S/C14H17NO3/c1-9-10(2)13(18-4)11(7-12(9)17-3)14(5-6-14)15-8-16/h7H,5-6H2,1-4H3. The van der Waals surface area contributed by atoms with Gasteiger partial charge in [0.15, 0.2) is 0 Å². The maximum absolute atomic E-state index is 10.6. The topological polar surface area (TPSA) is 47.9 Å². The van der Waals surface area contributed by atoms with Crippen LogP contribution in [0.3, 0.4) is 0 Å². The van der Waals surface area contributed by atoms with E-state index in [0.29, 0.717) is 0 Å². The van der Waals surface area contributed by atoms with Gasteiger partial charge in [-0.25, -0.2) is 4.79 Å². The second kappa shape index (κ2) is 4.46. The molecule has 1 fully saturated rings. The van der Waals surface area contributed by atoms with Crippen LogP contribution in [0, 0.1) is 13.8 Å². The number of rotatable bonds is 4. The third kappa shape index (κ3) is 1.79. The molecule has 1 aromatic rings. The summed E-state index contributed by atoms with van der Waals surface area (Å²) < 4.78 is 10.9. The lowest BCUT2D eigenvalue weighted by molar-refractivity contribution is 0.389. The smallest absolute Gasteiger partial charge is 0.235 e. The Hall–Kier alpha value is -1.80. The molecule has 96 valence electrons. The molecule has 1 aliphatic rings. The summed E-state index contributed by atoms with van der Waals surface area (Å²) in [6, 6.07) is 1.93. The molecule has 0 bridgehead atoms. The number of nitrogens with zero attached hydrogens (tertiary/aromatic N) is 1. The first-order valence-electron chi connectivity index (χ1n) is 5.91. The summed E-state index contributed by atoms with van der Waals surface area (Å²) in [5.41, 5.74) is 2.55. The van der Waals surface area contributed by atoms with Gasteiger partial charge in [-0.2, -0.15) is 4.99 Å². The van der Waals surface area contributed by atoms with Crippen molar-refractivity contribution in [1.82, 2.24) is 0 Å². The van der Waals surface area contributed by atoms with Crippen LogP contribution in [0.5, 0.6) is 11.5 Å². The summed E-state index contributed by atoms with van der Waals surface area (Å²) in [4.78, 5) is 14.5. The Labute approximate surface area is 107 Å².